The van der Waals surface area contributed by atoms with Crippen LogP contribution in [0.25, 0.3) is 0 Å². The molecule has 0 heterocycles. The minimum Gasteiger partial charge on any atom is -0.455 e. The number of carbonyl (C=O) groups excluding carboxylic acids is 1. The van der Waals surface area contributed by atoms with Gasteiger partial charge in [0, 0.05) is 18.5 Å². The van der Waals surface area contributed by atoms with Gasteiger partial charge in [0.15, 0.2) is 0 Å². The van der Waals surface area contributed by atoms with Crippen LogP contribution in [-0.2, 0) is 4.74 Å². The van der Waals surface area contributed by atoms with Gasteiger partial charge in [0.25, 0.3) is 0 Å². The number of rotatable bonds is 3. The fourth-order valence-corrected chi connectivity index (χ4v) is 0.971. The fraction of sp³-hybridized carbons (Fsp3) is 0.222. The molecule has 0 fully saturated rings. The highest BCUT2D eigenvalue weighted by Gasteiger charge is 2.06. The van der Waals surface area contributed by atoms with E-state index in [1.54, 1.807) is 19.1 Å². The average Bonchev–Trinajstić information content (AvgIpc) is 2.04. The first-order chi connectivity index (χ1) is 6.18. The van der Waals surface area contributed by atoms with E-state index in [0.717, 1.165) is 0 Å². The van der Waals surface area contributed by atoms with E-state index in [1.807, 2.05) is 18.2 Å². The summed E-state index contributed by atoms with van der Waals surface area (Å²) in [5.41, 5.74) is -0.872. The normalized spacial score (nSPS) is 11.8. The average molecular weight is 201 g/mol. The number of para-hydroxylation sites is 1. The van der Waals surface area contributed by atoms with Gasteiger partial charge >= 0.3 is 5.43 Å². The van der Waals surface area contributed by atoms with Crippen molar-refractivity contribution in [3.8, 4) is 5.75 Å². The molecule has 0 aromatic heterocycles. The van der Waals surface area contributed by atoms with E-state index in [9.17, 15) is 4.79 Å². The smallest absolute Gasteiger partial charge is 0.406 e. The van der Waals surface area contributed by atoms with Gasteiger partial charge in [-0.25, -0.2) is 4.79 Å². The van der Waals surface area contributed by atoms with Crippen molar-refractivity contribution in [2.45, 2.75) is 13.2 Å². The van der Waals surface area contributed by atoms with Crippen LogP contribution >= 0.6 is 11.6 Å². The Balaban J connectivity index is 2.45. The van der Waals surface area contributed by atoms with Crippen LogP contribution in [0, 0.1) is 0 Å². The molecule has 1 aromatic rings. The van der Waals surface area contributed by atoms with Gasteiger partial charge in [-0.3, -0.25) is 0 Å². The summed E-state index contributed by atoms with van der Waals surface area (Å²) in [6, 6.07) is 9.04. The third-order valence-electron chi connectivity index (χ3n) is 1.30. The molecular formula is C9H9ClO3. The lowest BCUT2D eigenvalue weighted by Crippen LogP contribution is -2.17. The largest absolute Gasteiger partial charge is 0.455 e. The molecule has 1 aromatic carbocycles. The van der Waals surface area contributed by atoms with Crippen molar-refractivity contribution in [2.75, 3.05) is 0 Å². The second-order valence-electron chi connectivity index (χ2n) is 2.35. The molecule has 0 spiro atoms. The number of carbonyl (C=O) groups is 1. The van der Waals surface area contributed by atoms with Gasteiger partial charge in [-0.1, -0.05) is 18.2 Å². The molecule has 3 nitrogen and oxygen atoms in total. The quantitative estimate of drug-likeness (QED) is 0.556. The third kappa shape index (κ3) is 3.80. The van der Waals surface area contributed by atoms with Gasteiger partial charge in [0.05, 0.1) is 0 Å². The van der Waals surface area contributed by atoms with Crippen LogP contribution in [0.4, 0.5) is 4.79 Å². The maximum Gasteiger partial charge on any atom is 0.406 e. The van der Waals surface area contributed by atoms with E-state index < -0.39 is 11.7 Å². The standard InChI is InChI=1S/C9H9ClO3/c1-7(13-9(10)11)12-8-5-3-2-4-6-8/h2-7H,1H3. The zero-order valence-corrected chi connectivity index (χ0v) is 7.82. The van der Waals surface area contributed by atoms with Gasteiger partial charge in [-0.05, 0) is 12.1 Å². The molecule has 70 valence electrons. The number of halogens is 1. The first-order valence-electron chi connectivity index (χ1n) is 3.76. The Kier molecular flexibility index (Phi) is 3.58. The van der Waals surface area contributed by atoms with Crippen molar-refractivity contribution in [1.29, 1.82) is 0 Å². The van der Waals surface area contributed by atoms with Crippen molar-refractivity contribution in [1.82, 2.24) is 0 Å². The van der Waals surface area contributed by atoms with Crippen LogP contribution in [-0.4, -0.2) is 11.7 Å². The monoisotopic (exact) mass is 200 g/mol. The molecule has 0 amide bonds. The molecule has 0 N–H and O–H groups in total. The molecule has 0 aliphatic heterocycles. The maximum absolute atomic E-state index is 10.3. The summed E-state index contributed by atoms with van der Waals surface area (Å²) < 4.78 is 9.76. The lowest BCUT2D eigenvalue weighted by atomic mass is 10.3. The highest BCUT2D eigenvalue weighted by Crippen LogP contribution is 2.11. The Morgan fingerprint density at radius 2 is 2.00 bits per heavy atom. The molecule has 13 heavy (non-hydrogen) atoms. The first kappa shape index (κ1) is 9.86. The summed E-state index contributed by atoms with van der Waals surface area (Å²) in [7, 11) is 0. The van der Waals surface area contributed by atoms with Gasteiger partial charge in [-0.2, -0.15) is 0 Å². The number of hydrogen-bond donors (Lipinski definition) is 0. The summed E-state index contributed by atoms with van der Waals surface area (Å²) in [5, 5.41) is 0. The molecule has 0 bridgehead atoms. The second-order valence-corrected chi connectivity index (χ2v) is 2.66. The van der Waals surface area contributed by atoms with E-state index in [2.05, 4.69) is 4.74 Å². The van der Waals surface area contributed by atoms with E-state index in [0.29, 0.717) is 5.75 Å². The lowest BCUT2D eigenvalue weighted by Gasteiger charge is -2.12. The van der Waals surface area contributed by atoms with Crippen LogP contribution in [0.1, 0.15) is 6.92 Å². The summed E-state index contributed by atoms with van der Waals surface area (Å²) in [6.07, 6.45) is -0.674. The molecule has 0 saturated heterocycles. The van der Waals surface area contributed by atoms with Crippen molar-refractivity contribution in [2.24, 2.45) is 0 Å². The lowest BCUT2D eigenvalue weighted by molar-refractivity contribution is -0.00656. The molecule has 1 rings (SSSR count). The fourth-order valence-electron chi connectivity index (χ4n) is 0.845. The maximum atomic E-state index is 10.3. The minimum absolute atomic E-state index is 0.632. The van der Waals surface area contributed by atoms with Crippen molar-refractivity contribution < 1.29 is 14.3 Å². The van der Waals surface area contributed by atoms with Crippen molar-refractivity contribution in [3.05, 3.63) is 30.3 Å². The molecule has 0 aliphatic rings. The first-order valence-corrected chi connectivity index (χ1v) is 4.14. The number of hydrogen-bond acceptors (Lipinski definition) is 3. The second kappa shape index (κ2) is 4.72. The predicted molar refractivity (Wildman–Crippen MR) is 48.9 cm³/mol. The third-order valence-corrected chi connectivity index (χ3v) is 1.39. The van der Waals surface area contributed by atoms with Crippen molar-refractivity contribution >= 4 is 17.0 Å². The summed E-state index contributed by atoms with van der Waals surface area (Å²) in [4.78, 5) is 10.3. The van der Waals surface area contributed by atoms with E-state index in [1.165, 1.54) is 0 Å². The molecule has 0 saturated carbocycles. The Hall–Kier alpha value is -1.22. The minimum atomic E-state index is -0.872. The van der Waals surface area contributed by atoms with E-state index >= 15 is 0 Å². The molecular weight excluding hydrogens is 192 g/mol. The topological polar surface area (TPSA) is 35.5 Å². The molecule has 1 atom stereocenters. The zero-order valence-electron chi connectivity index (χ0n) is 7.07. The highest BCUT2D eigenvalue weighted by molar-refractivity contribution is 6.61. The molecule has 1 unspecified atom stereocenters. The summed E-state index contributed by atoms with van der Waals surface area (Å²) in [5.74, 6) is 0.632. The number of benzene rings is 1. The Morgan fingerprint density at radius 3 is 2.54 bits per heavy atom. The highest BCUT2D eigenvalue weighted by atomic mass is 35.5. The van der Waals surface area contributed by atoms with Crippen LogP contribution in [0.3, 0.4) is 0 Å². The molecule has 0 aliphatic carbocycles. The summed E-state index contributed by atoms with van der Waals surface area (Å²) >= 11 is 5.00. The Bertz CT molecular complexity index is 273. The number of ether oxygens (including phenoxy) is 2. The van der Waals surface area contributed by atoms with Crippen LogP contribution in [0.5, 0.6) is 5.75 Å². The Morgan fingerprint density at radius 1 is 1.38 bits per heavy atom. The van der Waals surface area contributed by atoms with Crippen molar-refractivity contribution in [3.63, 3.8) is 0 Å². The van der Waals surface area contributed by atoms with Gasteiger partial charge in [-0.15, -0.1) is 0 Å². The predicted octanol–water partition coefficient (Wildman–Crippen LogP) is 2.79. The van der Waals surface area contributed by atoms with E-state index in [-0.39, 0.29) is 0 Å². The van der Waals surface area contributed by atoms with E-state index in [4.69, 9.17) is 16.3 Å². The molecule has 0 radical (unpaired) electrons. The Labute approximate surface area is 81.2 Å². The van der Waals surface area contributed by atoms with Gasteiger partial charge in [0.1, 0.15) is 5.75 Å². The van der Waals surface area contributed by atoms with Gasteiger partial charge < -0.3 is 9.47 Å². The van der Waals surface area contributed by atoms with Crippen LogP contribution in [0.15, 0.2) is 30.3 Å². The zero-order chi connectivity index (χ0) is 9.68. The SMILES string of the molecule is CC(OC(=O)Cl)Oc1ccccc1. The van der Waals surface area contributed by atoms with Crippen LogP contribution < -0.4 is 4.74 Å². The van der Waals surface area contributed by atoms with Gasteiger partial charge in [0.2, 0.25) is 6.29 Å². The molecule has 4 heteroatoms. The van der Waals surface area contributed by atoms with Crippen LogP contribution in [0.2, 0.25) is 0 Å². The summed E-state index contributed by atoms with van der Waals surface area (Å²) in [6.45, 7) is 1.59.